The van der Waals surface area contributed by atoms with Gasteiger partial charge >= 0.3 is 8.56 Å². The highest BCUT2D eigenvalue weighted by Gasteiger charge is 2.63. The first-order valence-corrected chi connectivity index (χ1v) is 11.8. The molecule has 1 fully saturated rings. The van der Waals surface area contributed by atoms with Gasteiger partial charge in [-0.25, -0.2) is 0 Å². The lowest BCUT2D eigenvalue weighted by Crippen LogP contribution is -2.67. The van der Waals surface area contributed by atoms with Crippen LogP contribution < -0.4 is 5.73 Å². The van der Waals surface area contributed by atoms with E-state index in [-0.39, 0.29) is 5.22 Å². The number of methoxy groups -OCH3 is 1. The maximum Gasteiger partial charge on any atom is 0.371 e. The van der Waals surface area contributed by atoms with Crippen LogP contribution in [0.4, 0.5) is 0 Å². The highest BCUT2D eigenvalue weighted by atomic mass is 28.4. The molecule has 5 nitrogen and oxygen atoms in total. The van der Waals surface area contributed by atoms with Crippen LogP contribution in [0.5, 0.6) is 0 Å². The molecule has 1 aliphatic heterocycles. The zero-order chi connectivity index (χ0) is 18.8. The van der Waals surface area contributed by atoms with Gasteiger partial charge in [-0.05, 0) is 37.4 Å². The SMILES string of the molecule is COC1(CCCN)C(c2ccccc2)CCC[Si]1(OC)OC.CO[SiH3]. The lowest BCUT2D eigenvalue weighted by molar-refractivity contribution is -0.0306. The highest BCUT2D eigenvalue weighted by Crippen LogP contribution is 2.50. The van der Waals surface area contributed by atoms with Crippen molar-refractivity contribution < 1.29 is 18.0 Å². The van der Waals surface area contributed by atoms with E-state index in [1.54, 1.807) is 28.4 Å². The Labute approximate surface area is 157 Å². The molecule has 2 N–H and O–H groups in total. The zero-order valence-corrected chi connectivity index (χ0v) is 19.4. The minimum absolute atomic E-state index is 0.297. The van der Waals surface area contributed by atoms with Crippen LogP contribution in [0.3, 0.4) is 0 Å². The van der Waals surface area contributed by atoms with Crippen molar-refractivity contribution in [3.05, 3.63) is 35.9 Å². The number of rotatable bonds is 7. The molecule has 0 radical (unpaired) electrons. The first-order chi connectivity index (χ1) is 12.1. The third-order valence-corrected chi connectivity index (χ3v) is 9.61. The predicted octanol–water partition coefficient (Wildman–Crippen LogP) is 1.88. The molecule has 0 saturated carbocycles. The molecule has 0 amide bonds. The lowest BCUT2D eigenvalue weighted by Gasteiger charge is -2.52. The molecular formula is C18H35NO4Si2. The minimum Gasteiger partial charge on any atom is -0.431 e. The third kappa shape index (κ3) is 4.79. The summed E-state index contributed by atoms with van der Waals surface area (Å²) in [4.78, 5) is 0. The summed E-state index contributed by atoms with van der Waals surface area (Å²) in [5, 5.41) is -0.379. The molecule has 1 aromatic carbocycles. The van der Waals surface area contributed by atoms with Crippen molar-refractivity contribution in [2.24, 2.45) is 5.73 Å². The van der Waals surface area contributed by atoms with E-state index < -0.39 is 8.56 Å². The Bertz CT molecular complexity index is 473. The summed E-state index contributed by atoms with van der Waals surface area (Å²) in [5.41, 5.74) is 7.11. The average molecular weight is 386 g/mol. The van der Waals surface area contributed by atoms with Gasteiger partial charge in [0.15, 0.2) is 0 Å². The standard InChI is InChI=1S/C17H29NO3Si.CH6OSi/c1-19-17(12-8-13-18)16(15-9-5-4-6-10-15)11-7-14-22(17,20-2)21-3;1-2-3/h4-6,9-10,16H,7-8,11-14,18H2,1-3H3;1,3H3. The second kappa shape index (κ2) is 11.2. The van der Waals surface area contributed by atoms with Gasteiger partial charge in [0.05, 0.1) is 0 Å². The van der Waals surface area contributed by atoms with Crippen LogP contribution in [0, 0.1) is 0 Å². The largest absolute Gasteiger partial charge is 0.431 e. The van der Waals surface area contributed by atoms with Crippen LogP contribution in [0.2, 0.25) is 6.04 Å². The summed E-state index contributed by atoms with van der Waals surface area (Å²) in [6, 6.07) is 11.6. The van der Waals surface area contributed by atoms with Crippen LogP contribution in [0.25, 0.3) is 0 Å². The summed E-state index contributed by atoms with van der Waals surface area (Å²) in [7, 11) is 5.44. The molecule has 2 unspecified atom stereocenters. The van der Waals surface area contributed by atoms with E-state index in [1.807, 2.05) is 0 Å². The number of ether oxygens (including phenoxy) is 1. The predicted molar refractivity (Wildman–Crippen MR) is 108 cm³/mol. The topological polar surface area (TPSA) is 62.9 Å². The fraction of sp³-hybridized carbons (Fsp3) is 0.667. The van der Waals surface area contributed by atoms with Crippen LogP contribution in [0.15, 0.2) is 30.3 Å². The van der Waals surface area contributed by atoms with Gasteiger partial charge in [-0.15, -0.1) is 0 Å². The molecule has 25 heavy (non-hydrogen) atoms. The van der Waals surface area contributed by atoms with E-state index >= 15 is 0 Å². The summed E-state index contributed by atoms with van der Waals surface area (Å²) < 4.78 is 22.7. The first-order valence-electron chi connectivity index (χ1n) is 8.92. The van der Waals surface area contributed by atoms with Crippen molar-refractivity contribution in [2.75, 3.05) is 35.0 Å². The molecule has 1 heterocycles. The molecule has 2 rings (SSSR count). The normalized spacial score (nSPS) is 25.2. The van der Waals surface area contributed by atoms with Crippen molar-refractivity contribution in [1.82, 2.24) is 0 Å². The Morgan fingerprint density at radius 3 is 2.24 bits per heavy atom. The summed E-state index contributed by atoms with van der Waals surface area (Å²) in [6.07, 6.45) is 4.01. The maximum atomic E-state index is 6.20. The molecule has 2 atom stereocenters. The molecular weight excluding hydrogens is 350 g/mol. The van der Waals surface area contributed by atoms with E-state index in [1.165, 1.54) is 5.56 Å². The molecule has 0 bridgehead atoms. The fourth-order valence-electron chi connectivity index (χ4n) is 4.13. The Morgan fingerprint density at radius 1 is 1.16 bits per heavy atom. The number of hydrogen-bond acceptors (Lipinski definition) is 5. The maximum absolute atomic E-state index is 6.20. The lowest BCUT2D eigenvalue weighted by atomic mass is 9.85. The van der Waals surface area contributed by atoms with Crippen LogP contribution >= 0.6 is 0 Å². The summed E-state index contributed by atoms with van der Waals surface area (Å²) >= 11 is 0. The van der Waals surface area contributed by atoms with E-state index in [0.29, 0.717) is 12.5 Å². The first kappa shape index (κ1) is 22.5. The molecule has 0 spiro atoms. The molecule has 0 aliphatic carbocycles. The second-order valence-electron chi connectivity index (χ2n) is 6.41. The summed E-state index contributed by atoms with van der Waals surface area (Å²) in [5.74, 6) is 0.297. The molecule has 1 aliphatic rings. The van der Waals surface area contributed by atoms with Gasteiger partial charge in [-0.2, -0.15) is 0 Å². The Hall–Kier alpha value is -0.546. The monoisotopic (exact) mass is 385 g/mol. The van der Waals surface area contributed by atoms with Gasteiger partial charge in [0.25, 0.3) is 0 Å². The van der Waals surface area contributed by atoms with Gasteiger partial charge in [0.1, 0.15) is 15.7 Å². The van der Waals surface area contributed by atoms with E-state index in [4.69, 9.17) is 19.3 Å². The van der Waals surface area contributed by atoms with Gasteiger partial charge in [-0.1, -0.05) is 36.8 Å². The molecule has 144 valence electrons. The van der Waals surface area contributed by atoms with Crippen molar-refractivity contribution in [3.63, 3.8) is 0 Å². The van der Waals surface area contributed by atoms with Gasteiger partial charge in [0, 0.05) is 34.4 Å². The van der Waals surface area contributed by atoms with E-state index in [2.05, 4.69) is 34.8 Å². The Morgan fingerprint density at radius 2 is 1.76 bits per heavy atom. The zero-order valence-electron chi connectivity index (χ0n) is 16.4. The second-order valence-corrected chi connectivity index (χ2v) is 10.9. The number of nitrogens with two attached hydrogens (primary N) is 1. The van der Waals surface area contributed by atoms with Crippen LogP contribution in [-0.4, -0.2) is 59.3 Å². The van der Waals surface area contributed by atoms with Gasteiger partial charge in [0.2, 0.25) is 0 Å². The molecule has 7 heteroatoms. The van der Waals surface area contributed by atoms with Crippen molar-refractivity contribution in [2.45, 2.75) is 42.9 Å². The van der Waals surface area contributed by atoms with E-state index in [0.717, 1.165) is 42.2 Å². The number of hydrogen-bond donors (Lipinski definition) is 1. The molecule has 0 aromatic heterocycles. The quantitative estimate of drug-likeness (QED) is 0.726. The van der Waals surface area contributed by atoms with Crippen LogP contribution in [0.1, 0.15) is 37.2 Å². The molecule has 1 saturated heterocycles. The third-order valence-electron chi connectivity index (χ3n) is 5.18. The summed E-state index contributed by atoms with van der Waals surface area (Å²) in [6.45, 7) is 0.657. The van der Waals surface area contributed by atoms with Crippen molar-refractivity contribution in [1.29, 1.82) is 0 Å². The smallest absolute Gasteiger partial charge is 0.371 e. The van der Waals surface area contributed by atoms with Gasteiger partial charge in [-0.3, -0.25) is 0 Å². The number of benzene rings is 1. The highest BCUT2D eigenvalue weighted by molar-refractivity contribution is 6.71. The van der Waals surface area contributed by atoms with Crippen molar-refractivity contribution in [3.8, 4) is 0 Å². The van der Waals surface area contributed by atoms with Crippen molar-refractivity contribution >= 4 is 19.0 Å². The van der Waals surface area contributed by atoms with E-state index in [9.17, 15) is 0 Å². The Kier molecular flexibility index (Phi) is 10.1. The van der Waals surface area contributed by atoms with Gasteiger partial charge < -0.3 is 23.7 Å². The molecule has 1 aromatic rings. The Balaban J connectivity index is 0.000000970. The average Bonchev–Trinajstić information content (AvgIpc) is 2.67. The minimum atomic E-state index is -2.47. The fourth-order valence-corrected chi connectivity index (χ4v) is 8.20. The van der Waals surface area contributed by atoms with Crippen LogP contribution in [-0.2, 0) is 18.0 Å².